The molecule has 2 rings (SSSR count). The smallest absolute Gasteiger partial charge is 0.132 e. The van der Waals surface area contributed by atoms with Gasteiger partial charge in [-0.15, -0.1) is 0 Å². The molecule has 1 atom stereocenters. The highest BCUT2D eigenvalue weighted by molar-refractivity contribution is 6.31. The zero-order valence-electron chi connectivity index (χ0n) is 7.93. The molecule has 1 N–H and O–H groups in total. The molecule has 0 amide bonds. The molecule has 0 saturated heterocycles. The first-order chi connectivity index (χ1) is 7.27. The molecule has 0 saturated carbocycles. The van der Waals surface area contributed by atoms with Gasteiger partial charge in [0.2, 0.25) is 0 Å². The third-order valence-corrected chi connectivity index (χ3v) is 2.48. The zero-order chi connectivity index (χ0) is 10.7. The van der Waals surface area contributed by atoms with Gasteiger partial charge in [-0.25, -0.2) is 0 Å². The molecule has 0 aliphatic rings. The van der Waals surface area contributed by atoms with Crippen molar-refractivity contribution in [2.45, 2.75) is 12.5 Å². The fourth-order valence-corrected chi connectivity index (χ4v) is 1.56. The molecule has 0 aliphatic carbocycles. The largest absolute Gasteiger partial charge is 0.467 e. The van der Waals surface area contributed by atoms with Crippen molar-refractivity contribution in [1.29, 1.82) is 0 Å². The molecule has 2 aromatic heterocycles. The van der Waals surface area contributed by atoms with Gasteiger partial charge >= 0.3 is 0 Å². The number of hydrogen-bond donors (Lipinski definition) is 1. The molecule has 2 aromatic rings. The lowest BCUT2D eigenvalue weighted by molar-refractivity contribution is 0.150. The quantitative estimate of drug-likeness (QED) is 0.870. The van der Waals surface area contributed by atoms with Crippen molar-refractivity contribution < 1.29 is 9.52 Å². The van der Waals surface area contributed by atoms with Crippen LogP contribution in [-0.4, -0.2) is 10.1 Å². The van der Waals surface area contributed by atoms with Gasteiger partial charge in [0.25, 0.3) is 0 Å². The number of pyridine rings is 1. The van der Waals surface area contributed by atoms with Gasteiger partial charge in [0.1, 0.15) is 11.9 Å². The molecule has 0 radical (unpaired) electrons. The Bertz CT molecular complexity index is 428. The maximum atomic E-state index is 9.81. The Morgan fingerprint density at radius 1 is 1.47 bits per heavy atom. The first kappa shape index (κ1) is 10.2. The zero-order valence-corrected chi connectivity index (χ0v) is 8.69. The Kier molecular flexibility index (Phi) is 3.04. The van der Waals surface area contributed by atoms with Gasteiger partial charge in [0, 0.05) is 18.8 Å². The minimum atomic E-state index is -0.667. The van der Waals surface area contributed by atoms with Crippen LogP contribution in [0.5, 0.6) is 0 Å². The first-order valence-electron chi connectivity index (χ1n) is 4.57. The van der Waals surface area contributed by atoms with E-state index in [0.717, 1.165) is 5.56 Å². The van der Waals surface area contributed by atoms with E-state index in [2.05, 4.69) is 4.98 Å². The maximum absolute atomic E-state index is 9.81. The van der Waals surface area contributed by atoms with Gasteiger partial charge in [-0.2, -0.15) is 0 Å². The topological polar surface area (TPSA) is 46.3 Å². The molecule has 78 valence electrons. The van der Waals surface area contributed by atoms with Gasteiger partial charge < -0.3 is 9.52 Å². The summed E-state index contributed by atoms with van der Waals surface area (Å²) in [5, 5.41) is 10.4. The standard InChI is InChI=1S/C11H10ClNO2/c12-9-7-13-4-3-8(9)6-10(14)11-2-1-5-15-11/h1-5,7,10,14H,6H2. The van der Waals surface area contributed by atoms with Crippen LogP contribution in [0.15, 0.2) is 41.3 Å². The van der Waals surface area contributed by atoms with Gasteiger partial charge in [0.05, 0.1) is 11.3 Å². The van der Waals surface area contributed by atoms with E-state index in [9.17, 15) is 5.11 Å². The molecule has 0 spiro atoms. The van der Waals surface area contributed by atoms with Crippen LogP contribution in [0.4, 0.5) is 0 Å². The van der Waals surface area contributed by atoms with E-state index in [0.29, 0.717) is 17.2 Å². The molecule has 0 fully saturated rings. The Labute approximate surface area is 92.3 Å². The van der Waals surface area contributed by atoms with Crippen LogP contribution in [0.25, 0.3) is 0 Å². The molecule has 3 nitrogen and oxygen atoms in total. The van der Waals surface area contributed by atoms with Crippen molar-refractivity contribution in [2.24, 2.45) is 0 Å². The lowest BCUT2D eigenvalue weighted by Crippen LogP contribution is -2.01. The van der Waals surface area contributed by atoms with Crippen LogP contribution in [0.1, 0.15) is 17.4 Å². The summed E-state index contributed by atoms with van der Waals surface area (Å²) in [5.41, 5.74) is 0.857. The fraction of sp³-hybridized carbons (Fsp3) is 0.182. The van der Waals surface area contributed by atoms with E-state index in [1.54, 1.807) is 30.6 Å². The van der Waals surface area contributed by atoms with Crippen LogP contribution in [0, 0.1) is 0 Å². The predicted octanol–water partition coefficient (Wildman–Crippen LogP) is 2.60. The summed E-state index contributed by atoms with van der Waals surface area (Å²) in [6.45, 7) is 0. The maximum Gasteiger partial charge on any atom is 0.132 e. The van der Waals surface area contributed by atoms with E-state index in [1.165, 1.54) is 6.26 Å². The van der Waals surface area contributed by atoms with Crippen molar-refractivity contribution in [3.8, 4) is 0 Å². The molecule has 2 heterocycles. The molecule has 1 unspecified atom stereocenters. The van der Waals surface area contributed by atoms with Gasteiger partial charge in [-0.05, 0) is 23.8 Å². The normalized spacial score (nSPS) is 12.7. The minimum absolute atomic E-state index is 0.425. The van der Waals surface area contributed by atoms with Crippen molar-refractivity contribution in [1.82, 2.24) is 4.98 Å². The summed E-state index contributed by atoms with van der Waals surface area (Å²) in [6.07, 6.45) is 4.50. The Morgan fingerprint density at radius 3 is 3.00 bits per heavy atom. The molecule has 4 heteroatoms. The molecule has 0 aliphatic heterocycles. The SMILES string of the molecule is OC(Cc1ccncc1Cl)c1ccco1. The highest BCUT2D eigenvalue weighted by Crippen LogP contribution is 2.22. The number of furan rings is 1. The van der Waals surface area contributed by atoms with Crippen LogP contribution in [0.2, 0.25) is 5.02 Å². The van der Waals surface area contributed by atoms with Crippen LogP contribution < -0.4 is 0 Å². The molecular weight excluding hydrogens is 214 g/mol. The van der Waals surface area contributed by atoms with Crippen molar-refractivity contribution >= 4 is 11.6 Å². The molecular formula is C11H10ClNO2. The van der Waals surface area contributed by atoms with Gasteiger partial charge in [-0.1, -0.05) is 11.6 Å². The number of aromatic nitrogens is 1. The minimum Gasteiger partial charge on any atom is -0.467 e. The summed E-state index contributed by atoms with van der Waals surface area (Å²) < 4.78 is 5.10. The lowest BCUT2D eigenvalue weighted by Gasteiger charge is -2.08. The van der Waals surface area contributed by atoms with Crippen LogP contribution in [-0.2, 0) is 6.42 Å². The summed E-state index contributed by atoms with van der Waals surface area (Å²) in [6, 6.07) is 5.26. The van der Waals surface area contributed by atoms with E-state index in [1.807, 2.05) is 0 Å². The number of aliphatic hydroxyl groups excluding tert-OH is 1. The van der Waals surface area contributed by atoms with Crippen LogP contribution >= 0.6 is 11.6 Å². The molecule has 0 aromatic carbocycles. The average molecular weight is 224 g/mol. The van der Waals surface area contributed by atoms with E-state index in [-0.39, 0.29) is 0 Å². The summed E-state index contributed by atoms with van der Waals surface area (Å²) in [7, 11) is 0. The highest BCUT2D eigenvalue weighted by Gasteiger charge is 2.12. The average Bonchev–Trinajstić information content (AvgIpc) is 2.74. The monoisotopic (exact) mass is 223 g/mol. The summed E-state index contributed by atoms with van der Waals surface area (Å²) >= 11 is 5.93. The van der Waals surface area contributed by atoms with Gasteiger partial charge in [-0.3, -0.25) is 4.98 Å². The number of hydrogen-bond acceptors (Lipinski definition) is 3. The second-order valence-corrected chi connectivity index (χ2v) is 3.61. The fourth-order valence-electron chi connectivity index (χ4n) is 1.36. The highest BCUT2D eigenvalue weighted by atomic mass is 35.5. The molecule has 15 heavy (non-hydrogen) atoms. The first-order valence-corrected chi connectivity index (χ1v) is 4.95. The second kappa shape index (κ2) is 4.47. The third kappa shape index (κ3) is 2.37. The third-order valence-electron chi connectivity index (χ3n) is 2.14. The summed E-state index contributed by atoms with van der Waals surface area (Å²) in [4.78, 5) is 3.88. The van der Waals surface area contributed by atoms with Crippen molar-refractivity contribution in [3.05, 3.63) is 53.2 Å². The molecule has 0 bridgehead atoms. The van der Waals surface area contributed by atoms with Crippen molar-refractivity contribution in [3.63, 3.8) is 0 Å². The number of rotatable bonds is 3. The Hall–Kier alpha value is -1.32. The van der Waals surface area contributed by atoms with Crippen molar-refractivity contribution in [2.75, 3.05) is 0 Å². The van der Waals surface area contributed by atoms with E-state index in [4.69, 9.17) is 16.0 Å². The number of aliphatic hydroxyl groups is 1. The van der Waals surface area contributed by atoms with E-state index >= 15 is 0 Å². The van der Waals surface area contributed by atoms with Crippen LogP contribution in [0.3, 0.4) is 0 Å². The number of nitrogens with zero attached hydrogens (tertiary/aromatic N) is 1. The lowest BCUT2D eigenvalue weighted by atomic mass is 10.1. The van der Waals surface area contributed by atoms with Gasteiger partial charge in [0.15, 0.2) is 0 Å². The Morgan fingerprint density at radius 2 is 2.33 bits per heavy atom. The predicted molar refractivity (Wildman–Crippen MR) is 56.6 cm³/mol. The van der Waals surface area contributed by atoms with E-state index < -0.39 is 6.10 Å². The second-order valence-electron chi connectivity index (χ2n) is 3.20. The number of halogens is 1. The Balaban J connectivity index is 2.13. The summed E-state index contributed by atoms with van der Waals surface area (Å²) in [5.74, 6) is 0.544.